The molecule has 0 aromatic heterocycles. The van der Waals surface area contributed by atoms with Gasteiger partial charge in [0.05, 0.1) is 23.9 Å². The van der Waals surface area contributed by atoms with Crippen LogP contribution in [0, 0.1) is 5.92 Å². The first kappa shape index (κ1) is 19.0. The van der Waals surface area contributed by atoms with Crippen molar-refractivity contribution in [1.82, 2.24) is 4.90 Å². The van der Waals surface area contributed by atoms with E-state index in [-0.39, 0.29) is 11.9 Å². The Morgan fingerprint density at radius 3 is 2.58 bits per heavy atom. The number of rotatable bonds is 6. The molecular weight excluding hydrogens is 326 g/mol. The van der Waals surface area contributed by atoms with Gasteiger partial charge in [-0.2, -0.15) is 0 Å². The Kier molecular flexibility index (Phi) is 6.78. The molecule has 3 rings (SSSR count). The van der Waals surface area contributed by atoms with Crippen LogP contribution in [-0.2, 0) is 16.1 Å². The van der Waals surface area contributed by atoms with E-state index in [1.807, 2.05) is 6.92 Å². The van der Waals surface area contributed by atoms with E-state index >= 15 is 0 Å². The number of esters is 1. The zero-order valence-corrected chi connectivity index (χ0v) is 16.0. The standard InChI is InChI=1S/C21H33N3O2/c1-2-26-21(25)17-7-9-18(10-8-17)23-20-11-6-16(14-19(20)22)15-24-12-4-3-5-13-24/h6,11,14,17-18,23H,2-5,7-10,12-13,15,22H2,1H3. The van der Waals surface area contributed by atoms with E-state index in [1.54, 1.807) is 0 Å². The number of nitrogens with one attached hydrogen (secondary N) is 1. The molecule has 0 bridgehead atoms. The van der Waals surface area contributed by atoms with Gasteiger partial charge in [-0.15, -0.1) is 0 Å². The van der Waals surface area contributed by atoms with Gasteiger partial charge in [0.1, 0.15) is 0 Å². The number of hydrogen-bond donors (Lipinski definition) is 2. The van der Waals surface area contributed by atoms with Crippen LogP contribution in [0.1, 0.15) is 57.4 Å². The lowest BCUT2D eigenvalue weighted by Gasteiger charge is -2.29. The molecule has 0 radical (unpaired) electrons. The number of anilines is 2. The predicted octanol–water partition coefficient (Wildman–Crippen LogP) is 3.79. The highest BCUT2D eigenvalue weighted by molar-refractivity contribution is 5.72. The lowest BCUT2D eigenvalue weighted by atomic mass is 9.86. The van der Waals surface area contributed by atoms with Crippen molar-refractivity contribution in [3.63, 3.8) is 0 Å². The fourth-order valence-corrected chi connectivity index (χ4v) is 4.17. The Hall–Kier alpha value is -1.75. The van der Waals surface area contributed by atoms with E-state index in [1.165, 1.54) is 37.9 Å². The van der Waals surface area contributed by atoms with Crippen LogP contribution in [0.5, 0.6) is 0 Å². The molecule has 1 aliphatic carbocycles. The van der Waals surface area contributed by atoms with Gasteiger partial charge in [-0.05, 0) is 76.2 Å². The van der Waals surface area contributed by atoms with E-state index in [2.05, 4.69) is 28.4 Å². The summed E-state index contributed by atoms with van der Waals surface area (Å²) in [5.74, 6) is 0.0322. The smallest absolute Gasteiger partial charge is 0.308 e. The number of nitrogens with zero attached hydrogens (tertiary/aromatic N) is 1. The summed E-state index contributed by atoms with van der Waals surface area (Å²) in [4.78, 5) is 14.4. The zero-order chi connectivity index (χ0) is 18.4. The molecule has 3 N–H and O–H groups in total. The van der Waals surface area contributed by atoms with Gasteiger partial charge in [0, 0.05) is 12.6 Å². The molecule has 0 spiro atoms. The van der Waals surface area contributed by atoms with E-state index in [0.717, 1.165) is 43.6 Å². The summed E-state index contributed by atoms with van der Waals surface area (Å²) < 4.78 is 5.15. The number of likely N-dealkylation sites (tertiary alicyclic amines) is 1. The quantitative estimate of drug-likeness (QED) is 0.597. The highest BCUT2D eigenvalue weighted by atomic mass is 16.5. The van der Waals surface area contributed by atoms with Crippen LogP contribution >= 0.6 is 0 Å². The van der Waals surface area contributed by atoms with Gasteiger partial charge >= 0.3 is 5.97 Å². The van der Waals surface area contributed by atoms with Crippen LogP contribution in [-0.4, -0.2) is 36.6 Å². The molecule has 1 aromatic rings. The maximum atomic E-state index is 11.9. The number of nitrogen functional groups attached to an aromatic ring is 1. The third-order valence-electron chi connectivity index (χ3n) is 5.68. The Balaban J connectivity index is 1.50. The zero-order valence-electron chi connectivity index (χ0n) is 16.0. The first-order valence-electron chi connectivity index (χ1n) is 10.2. The molecule has 1 saturated carbocycles. The molecule has 1 heterocycles. The minimum absolute atomic E-state index is 0.0347. The molecule has 5 nitrogen and oxygen atoms in total. The molecule has 0 unspecified atom stereocenters. The summed E-state index contributed by atoms with van der Waals surface area (Å²) in [5, 5.41) is 3.58. The van der Waals surface area contributed by atoms with Gasteiger partial charge in [-0.1, -0.05) is 12.5 Å². The molecular formula is C21H33N3O2. The number of nitrogens with two attached hydrogens (primary N) is 1. The number of benzene rings is 1. The third-order valence-corrected chi connectivity index (χ3v) is 5.68. The van der Waals surface area contributed by atoms with Crippen molar-refractivity contribution in [2.24, 2.45) is 5.92 Å². The predicted molar refractivity (Wildman–Crippen MR) is 106 cm³/mol. The van der Waals surface area contributed by atoms with E-state index in [4.69, 9.17) is 10.5 Å². The van der Waals surface area contributed by atoms with Gasteiger partial charge in [0.2, 0.25) is 0 Å². The largest absolute Gasteiger partial charge is 0.466 e. The molecule has 1 saturated heterocycles. The lowest BCUT2D eigenvalue weighted by molar-refractivity contribution is -0.149. The number of ether oxygens (including phenoxy) is 1. The highest BCUT2D eigenvalue weighted by Crippen LogP contribution is 2.30. The topological polar surface area (TPSA) is 67.6 Å². The molecule has 144 valence electrons. The summed E-state index contributed by atoms with van der Waals surface area (Å²) >= 11 is 0. The van der Waals surface area contributed by atoms with Crippen LogP contribution in [0.2, 0.25) is 0 Å². The minimum Gasteiger partial charge on any atom is -0.466 e. The van der Waals surface area contributed by atoms with E-state index in [9.17, 15) is 4.79 Å². The molecule has 5 heteroatoms. The summed E-state index contributed by atoms with van der Waals surface area (Å²) in [5.41, 5.74) is 9.44. The van der Waals surface area contributed by atoms with Crippen molar-refractivity contribution in [3.05, 3.63) is 23.8 Å². The summed E-state index contributed by atoms with van der Waals surface area (Å²) in [6.45, 7) is 5.72. The maximum absolute atomic E-state index is 11.9. The number of carbonyl (C=O) groups is 1. The SMILES string of the molecule is CCOC(=O)C1CCC(Nc2ccc(CN3CCCCC3)cc2N)CC1. The Labute approximate surface area is 157 Å². The number of hydrogen-bond acceptors (Lipinski definition) is 5. The molecule has 2 aliphatic rings. The number of carbonyl (C=O) groups excluding carboxylic acids is 1. The van der Waals surface area contributed by atoms with Crippen LogP contribution in [0.4, 0.5) is 11.4 Å². The van der Waals surface area contributed by atoms with E-state index in [0.29, 0.717) is 12.6 Å². The Bertz CT molecular complexity index is 591. The monoisotopic (exact) mass is 359 g/mol. The highest BCUT2D eigenvalue weighted by Gasteiger charge is 2.27. The first-order valence-corrected chi connectivity index (χ1v) is 10.2. The molecule has 1 aromatic carbocycles. The minimum atomic E-state index is -0.0347. The van der Waals surface area contributed by atoms with Crippen molar-refractivity contribution in [2.45, 2.75) is 64.5 Å². The summed E-state index contributed by atoms with van der Waals surface area (Å²) in [6.07, 6.45) is 7.73. The van der Waals surface area contributed by atoms with Crippen LogP contribution < -0.4 is 11.1 Å². The first-order chi connectivity index (χ1) is 12.7. The van der Waals surface area contributed by atoms with Crippen molar-refractivity contribution in [1.29, 1.82) is 0 Å². The van der Waals surface area contributed by atoms with Crippen LogP contribution in [0.25, 0.3) is 0 Å². The average Bonchev–Trinajstić information content (AvgIpc) is 2.65. The van der Waals surface area contributed by atoms with E-state index < -0.39 is 0 Å². The lowest BCUT2D eigenvalue weighted by Crippen LogP contribution is -2.30. The molecule has 0 amide bonds. The summed E-state index contributed by atoms with van der Waals surface area (Å²) in [7, 11) is 0. The second-order valence-corrected chi connectivity index (χ2v) is 7.70. The average molecular weight is 360 g/mol. The summed E-state index contributed by atoms with van der Waals surface area (Å²) in [6, 6.07) is 6.81. The third kappa shape index (κ3) is 5.13. The Morgan fingerprint density at radius 1 is 1.19 bits per heavy atom. The van der Waals surface area contributed by atoms with Crippen molar-refractivity contribution in [3.8, 4) is 0 Å². The van der Waals surface area contributed by atoms with Gasteiger partial charge in [0.25, 0.3) is 0 Å². The van der Waals surface area contributed by atoms with Crippen molar-refractivity contribution >= 4 is 17.3 Å². The Morgan fingerprint density at radius 2 is 1.92 bits per heavy atom. The normalized spacial score (nSPS) is 24.2. The fraction of sp³-hybridized carbons (Fsp3) is 0.667. The maximum Gasteiger partial charge on any atom is 0.308 e. The van der Waals surface area contributed by atoms with Gasteiger partial charge in [0.15, 0.2) is 0 Å². The fourth-order valence-electron chi connectivity index (χ4n) is 4.17. The molecule has 0 atom stereocenters. The van der Waals surface area contributed by atoms with Gasteiger partial charge < -0.3 is 15.8 Å². The molecule has 26 heavy (non-hydrogen) atoms. The van der Waals surface area contributed by atoms with Crippen LogP contribution in [0.15, 0.2) is 18.2 Å². The van der Waals surface area contributed by atoms with Crippen molar-refractivity contribution < 1.29 is 9.53 Å². The molecule has 1 aliphatic heterocycles. The second-order valence-electron chi connectivity index (χ2n) is 7.70. The van der Waals surface area contributed by atoms with Crippen molar-refractivity contribution in [2.75, 3.05) is 30.7 Å². The number of piperidine rings is 1. The van der Waals surface area contributed by atoms with Gasteiger partial charge in [-0.3, -0.25) is 9.69 Å². The molecule has 2 fully saturated rings. The second kappa shape index (κ2) is 9.26. The van der Waals surface area contributed by atoms with Gasteiger partial charge in [-0.25, -0.2) is 0 Å². The van der Waals surface area contributed by atoms with Crippen LogP contribution in [0.3, 0.4) is 0 Å².